The van der Waals surface area contributed by atoms with Crippen LogP contribution in [0, 0.1) is 0 Å². The topological polar surface area (TPSA) is 77.4 Å². The molecule has 0 aromatic heterocycles. The number of hydrogen-bond donors (Lipinski definition) is 1. The van der Waals surface area contributed by atoms with Gasteiger partial charge in [-0.25, -0.2) is 8.42 Å². The molecule has 1 N–H and O–H groups in total. The maximum Gasteiger partial charge on any atom is 1.00 e. The van der Waals surface area contributed by atoms with E-state index in [1.165, 1.54) is 32.1 Å². The monoisotopic (exact) mass is 388 g/mol. The van der Waals surface area contributed by atoms with E-state index in [9.17, 15) is 18.1 Å². The summed E-state index contributed by atoms with van der Waals surface area (Å²) in [6.45, 7) is 4.25. The second-order valence-corrected chi connectivity index (χ2v) is 8.40. The van der Waals surface area contributed by atoms with E-state index in [4.69, 9.17) is 0 Å². The summed E-state index contributed by atoms with van der Waals surface area (Å²) in [6, 6.07) is 0. The van der Waals surface area contributed by atoms with Crippen molar-refractivity contribution in [2.75, 3.05) is 0 Å². The standard InChI is InChI=1S/C18H38O4S.K/c1-3-5-7-8-9-10-12-13-17(19)15-16-18(23(20,21)22)14-11-6-4-2;/h17-19H,3-16H2,1-2H3,(H,20,21,22);/q;+1/p-1. The van der Waals surface area contributed by atoms with Gasteiger partial charge in [0.15, 0.2) is 0 Å². The zero-order valence-corrected chi connectivity index (χ0v) is 20.1. The molecule has 0 rings (SSSR count). The Bertz CT molecular complexity index is 360. The van der Waals surface area contributed by atoms with Crippen LogP contribution in [0.3, 0.4) is 0 Å². The Kier molecular flexibility index (Phi) is 20.7. The van der Waals surface area contributed by atoms with E-state index in [0.29, 0.717) is 25.7 Å². The van der Waals surface area contributed by atoms with Gasteiger partial charge in [-0.05, 0) is 25.7 Å². The molecule has 0 fully saturated rings. The molecule has 0 radical (unpaired) electrons. The van der Waals surface area contributed by atoms with Gasteiger partial charge in [-0.2, -0.15) is 0 Å². The molecule has 0 saturated carbocycles. The molecule has 140 valence electrons. The molecule has 0 aliphatic rings. The van der Waals surface area contributed by atoms with Crippen LogP contribution in [0.15, 0.2) is 0 Å². The SMILES string of the molecule is CCCCCCCCCC(O)CCC(CCCCC)S(=O)(=O)[O-].[K+]. The molecule has 0 aliphatic heterocycles. The third kappa shape index (κ3) is 16.9. The predicted octanol–water partition coefficient (Wildman–Crippen LogP) is 1.77. The van der Waals surface area contributed by atoms with Crippen LogP contribution in [0.25, 0.3) is 0 Å². The molecule has 0 saturated heterocycles. The van der Waals surface area contributed by atoms with Crippen molar-refractivity contribution in [3.63, 3.8) is 0 Å². The molecule has 0 aliphatic carbocycles. The number of aliphatic hydroxyl groups is 1. The Morgan fingerprint density at radius 2 is 1.21 bits per heavy atom. The molecule has 0 aromatic carbocycles. The fourth-order valence-corrected chi connectivity index (χ4v) is 3.79. The van der Waals surface area contributed by atoms with Gasteiger partial charge in [-0.15, -0.1) is 0 Å². The number of hydrogen-bond acceptors (Lipinski definition) is 4. The third-order valence-electron chi connectivity index (χ3n) is 4.50. The fraction of sp³-hybridized carbons (Fsp3) is 1.00. The van der Waals surface area contributed by atoms with E-state index in [-0.39, 0.29) is 51.4 Å². The molecular formula is C18H37KO4S. The smallest absolute Gasteiger partial charge is 0.748 e. The van der Waals surface area contributed by atoms with Crippen molar-refractivity contribution >= 4 is 10.1 Å². The van der Waals surface area contributed by atoms with E-state index < -0.39 is 21.5 Å². The van der Waals surface area contributed by atoms with Gasteiger partial charge in [0, 0.05) is 5.25 Å². The van der Waals surface area contributed by atoms with Gasteiger partial charge in [0.1, 0.15) is 0 Å². The van der Waals surface area contributed by atoms with Gasteiger partial charge >= 0.3 is 51.4 Å². The summed E-state index contributed by atoms with van der Waals surface area (Å²) in [4.78, 5) is 0. The quantitative estimate of drug-likeness (QED) is 0.248. The summed E-state index contributed by atoms with van der Waals surface area (Å²) in [5, 5.41) is 9.16. The van der Waals surface area contributed by atoms with Crippen LogP contribution in [0.5, 0.6) is 0 Å². The summed E-state index contributed by atoms with van der Waals surface area (Å²) < 4.78 is 33.9. The molecule has 0 bridgehead atoms. The fourth-order valence-electron chi connectivity index (χ4n) is 2.91. The Hall–Kier alpha value is 1.51. The second-order valence-electron chi connectivity index (χ2n) is 6.75. The van der Waals surface area contributed by atoms with Gasteiger partial charge in [-0.3, -0.25) is 0 Å². The molecule has 0 heterocycles. The van der Waals surface area contributed by atoms with Crippen molar-refractivity contribution in [2.24, 2.45) is 0 Å². The normalized spacial score (nSPS) is 14.2. The van der Waals surface area contributed by atoms with E-state index in [2.05, 4.69) is 6.92 Å². The number of aliphatic hydroxyl groups excluding tert-OH is 1. The maximum atomic E-state index is 11.3. The maximum absolute atomic E-state index is 11.3. The molecule has 24 heavy (non-hydrogen) atoms. The van der Waals surface area contributed by atoms with Gasteiger partial charge in [0.25, 0.3) is 0 Å². The molecule has 4 nitrogen and oxygen atoms in total. The first-order valence-electron chi connectivity index (χ1n) is 9.54. The van der Waals surface area contributed by atoms with Crippen molar-refractivity contribution < 1.29 is 69.5 Å². The molecule has 2 atom stereocenters. The second kappa shape index (κ2) is 17.9. The van der Waals surface area contributed by atoms with Crippen LogP contribution in [0.4, 0.5) is 0 Å². The number of unbranched alkanes of at least 4 members (excludes halogenated alkanes) is 8. The van der Waals surface area contributed by atoms with Crippen LogP contribution in [0.2, 0.25) is 0 Å². The van der Waals surface area contributed by atoms with Crippen LogP contribution >= 0.6 is 0 Å². The van der Waals surface area contributed by atoms with Crippen molar-refractivity contribution in [3.05, 3.63) is 0 Å². The van der Waals surface area contributed by atoms with E-state index in [1.807, 2.05) is 6.92 Å². The van der Waals surface area contributed by atoms with E-state index in [1.54, 1.807) is 0 Å². The first-order chi connectivity index (χ1) is 10.9. The van der Waals surface area contributed by atoms with Crippen LogP contribution < -0.4 is 51.4 Å². The molecule has 0 aromatic rings. The summed E-state index contributed by atoms with van der Waals surface area (Å²) in [7, 11) is -4.24. The first kappa shape index (κ1) is 27.7. The third-order valence-corrected chi connectivity index (χ3v) is 5.79. The van der Waals surface area contributed by atoms with Crippen molar-refractivity contribution in [2.45, 2.75) is 115 Å². The van der Waals surface area contributed by atoms with Crippen LogP contribution in [0.1, 0.15) is 104 Å². The summed E-state index contributed by atoms with van der Waals surface area (Å²) in [5.41, 5.74) is 0. The zero-order valence-electron chi connectivity index (χ0n) is 16.1. The summed E-state index contributed by atoms with van der Waals surface area (Å²) in [5.74, 6) is 0. The van der Waals surface area contributed by atoms with Crippen LogP contribution in [-0.4, -0.2) is 29.4 Å². The average Bonchev–Trinajstić information content (AvgIpc) is 2.48. The van der Waals surface area contributed by atoms with Gasteiger partial charge in [0.2, 0.25) is 0 Å². The van der Waals surface area contributed by atoms with Gasteiger partial charge < -0.3 is 9.66 Å². The number of rotatable bonds is 16. The van der Waals surface area contributed by atoms with Gasteiger partial charge in [0.05, 0.1) is 16.2 Å². The molecule has 0 amide bonds. The minimum Gasteiger partial charge on any atom is -0.748 e. The summed E-state index contributed by atoms with van der Waals surface area (Å²) >= 11 is 0. The Morgan fingerprint density at radius 3 is 1.75 bits per heavy atom. The molecule has 2 unspecified atom stereocenters. The summed E-state index contributed by atoms with van der Waals surface area (Å²) in [6.07, 6.45) is 12.6. The Balaban J connectivity index is 0. The Labute approximate surface area is 192 Å². The average molecular weight is 389 g/mol. The van der Waals surface area contributed by atoms with Gasteiger partial charge in [-0.1, -0.05) is 78.1 Å². The minimum atomic E-state index is -4.24. The van der Waals surface area contributed by atoms with E-state index in [0.717, 1.165) is 32.1 Å². The Morgan fingerprint density at radius 1 is 0.750 bits per heavy atom. The van der Waals surface area contributed by atoms with Crippen molar-refractivity contribution in [3.8, 4) is 0 Å². The predicted molar refractivity (Wildman–Crippen MR) is 95.5 cm³/mol. The molecule has 0 spiro atoms. The van der Waals surface area contributed by atoms with Crippen molar-refractivity contribution in [1.82, 2.24) is 0 Å². The largest absolute Gasteiger partial charge is 1.00 e. The zero-order chi connectivity index (χ0) is 17.6. The minimum absolute atomic E-state index is 0. The molecular weight excluding hydrogens is 351 g/mol. The van der Waals surface area contributed by atoms with Crippen molar-refractivity contribution in [1.29, 1.82) is 0 Å². The first-order valence-corrected chi connectivity index (χ1v) is 11.0. The molecule has 6 heteroatoms. The van der Waals surface area contributed by atoms with Crippen LogP contribution in [-0.2, 0) is 10.1 Å². The van der Waals surface area contributed by atoms with E-state index >= 15 is 0 Å².